The van der Waals surface area contributed by atoms with Crippen molar-refractivity contribution in [2.24, 2.45) is 4.99 Å². The summed E-state index contributed by atoms with van der Waals surface area (Å²) in [4.78, 5) is 6.72. The van der Waals surface area contributed by atoms with E-state index >= 15 is 0 Å². The normalized spacial score (nSPS) is 17.4. The fourth-order valence-electron chi connectivity index (χ4n) is 1.81. The molecule has 5 heteroatoms. The van der Waals surface area contributed by atoms with Crippen LogP contribution >= 0.6 is 23.2 Å². The highest BCUT2D eigenvalue weighted by molar-refractivity contribution is 6.38. The average molecular weight is 287 g/mol. The summed E-state index contributed by atoms with van der Waals surface area (Å²) < 4.78 is 5.29. The number of hydrogen-bond acceptors (Lipinski definition) is 3. The lowest BCUT2D eigenvalue weighted by atomic mass is 10.2. The molecule has 1 saturated heterocycles. The molecule has 0 radical (unpaired) electrons. The molecule has 0 atom stereocenters. The number of halogens is 2. The maximum absolute atomic E-state index is 6.05. The summed E-state index contributed by atoms with van der Waals surface area (Å²) in [6.45, 7) is 5.31. The van der Waals surface area contributed by atoms with E-state index in [1.54, 1.807) is 6.21 Å². The van der Waals surface area contributed by atoms with Gasteiger partial charge in [0, 0.05) is 31.4 Å². The van der Waals surface area contributed by atoms with Crippen molar-refractivity contribution in [2.45, 2.75) is 0 Å². The van der Waals surface area contributed by atoms with Gasteiger partial charge in [-0.25, -0.2) is 0 Å². The molecule has 0 saturated carbocycles. The van der Waals surface area contributed by atoms with Gasteiger partial charge in [-0.1, -0.05) is 29.3 Å². The highest BCUT2D eigenvalue weighted by atomic mass is 35.5. The summed E-state index contributed by atoms with van der Waals surface area (Å²) in [6, 6.07) is 5.46. The first-order valence-corrected chi connectivity index (χ1v) is 6.77. The zero-order chi connectivity index (χ0) is 12.8. The summed E-state index contributed by atoms with van der Waals surface area (Å²) in [7, 11) is 0. The summed E-state index contributed by atoms with van der Waals surface area (Å²) >= 11 is 12.1. The number of ether oxygens (including phenoxy) is 1. The van der Waals surface area contributed by atoms with Crippen molar-refractivity contribution < 1.29 is 4.74 Å². The first-order chi connectivity index (χ1) is 8.77. The number of benzene rings is 1. The van der Waals surface area contributed by atoms with E-state index in [0.29, 0.717) is 10.0 Å². The van der Waals surface area contributed by atoms with Crippen molar-refractivity contribution in [2.75, 3.05) is 39.4 Å². The fraction of sp³-hybridized carbons (Fsp3) is 0.462. The quantitative estimate of drug-likeness (QED) is 0.795. The van der Waals surface area contributed by atoms with Gasteiger partial charge in [0.15, 0.2) is 0 Å². The zero-order valence-corrected chi connectivity index (χ0v) is 11.6. The Kier molecular flexibility index (Phi) is 5.45. The lowest BCUT2D eigenvalue weighted by Crippen LogP contribution is -2.37. The molecule has 1 heterocycles. The molecule has 0 unspecified atom stereocenters. The van der Waals surface area contributed by atoms with E-state index in [4.69, 9.17) is 27.9 Å². The van der Waals surface area contributed by atoms with Gasteiger partial charge in [0.2, 0.25) is 0 Å². The lowest BCUT2D eigenvalue weighted by Gasteiger charge is -2.25. The number of nitrogens with zero attached hydrogens (tertiary/aromatic N) is 2. The minimum absolute atomic E-state index is 0.637. The van der Waals surface area contributed by atoms with Gasteiger partial charge in [-0.2, -0.15) is 0 Å². The molecule has 1 aromatic carbocycles. The van der Waals surface area contributed by atoms with Crippen LogP contribution < -0.4 is 0 Å². The lowest BCUT2D eigenvalue weighted by molar-refractivity contribution is 0.0395. The Morgan fingerprint density at radius 2 is 1.89 bits per heavy atom. The standard InChI is InChI=1S/C13H16Cl2N2O/c14-12-2-1-3-13(15)11(12)10-16-4-5-17-6-8-18-9-7-17/h1-3,10H,4-9H2. The first-order valence-electron chi connectivity index (χ1n) is 6.01. The molecule has 2 rings (SSSR count). The van der Waals surface area contributed by atoms with Crippen molar-refractivity contribution in [3.05, 3.63) is 33.8 Å². The van der Waals surface area contributed by atoms with Crippen LogP contribution in [0.5, 0.6) is 0 Å². The zero-order valence-electron chi connectivity index (χ0n) is 10.1. The minimum atomic E-state index is 0.637. The van der Waals surface area contributed by atoms with E-state index < -0.39 is 0 Å². The topological polar surface area (TPSA) is 24.8 Å². The van der Waals surface area contributed by atoms with Crippen LogP contribution in [0.15, 0.2) is 23.2 Å². The molecule has 0 N–H and O–H groups in total. The molecule has 3 nitrogen and oxygen atoms in total. The van der Waals surface area contributed by atoms with Gasteiger partial charge in [-0.15, -0.1) is 0 Å². The SMILES string of the molecule is Clc1cccc(Cl)c1C=NCCN1CCOCC1. The van der Waals surface area contributed by atoms with Crippen LogP contribution in [0.4, 0.5) is 0 Å². The highest BCUT2D eigenvalue weighted by Gasteiger charge is 2.08. The Morgan fingerprint density at radius 1 is 1.22 bits per heavy atom. The van der Waals surface area contributed by atoms with Crippen LogP contribution in [-0.2, 0) is 4.74 Å². The van der Waals surface area contributed by atoms with Gasteiger partial charge in [0.25, 0.3) is 0 Å². The van der Waals surface area contributed by atoms with Crippen molar-refractivity contribution in [3.63, 3.8) is 0 Å². The molecule has 1 aliphatic heterocycles. The van der Waals surface area contributed by atoms with Crippen molar-refractivity contribution >= 4 is 29.4 Å². The third-order valence-electron chi connectivity index (χ3n) is 2.87. The third kappa shape index (κ3) is 3.95. The molecule has 1 aromatic rings. The molecule has 0 aliphatic carbocycles. The van der Waals surface area contributed by atoms with Crippen LogP contribution in [0.25, 0.3) is 0 Å². The van der Waals surface area contributed by atoms with Crippen LogP contribution in [0.2, 0.25) is 10.0 Å². The van der Waals surface area contributed by atoms with E-state index in [1.807, 2.05) is 18.2 Å². The Balaban J connectivity index is 1.83. The monoisotopic (exact) mass is 286 g/mol. The second-order valence-electron chi connectivity index (χ2n) is 4.12. The Labute approximate surface area is 117 Å². The molecule has 1 aliphatic rings. The predicted molar refractivity (Wildman–Crippen MR) is 76.2 cm³/mol. The Morgan fingerprint density at radius 3 is 2.56 bits per heavy atom. The van der Waals surface area contributed by atoms with Gasteiger partial charge in [-0.3, -0.25) is 9.89 Å². The van der Waals surface area contributed by atoms with Gasteiger partial charge >= 0.3 is 0 Å². The van der Waals surface area contributed by atoms with Gasteiger partial charge in [0.1, 0.15) is 0 Å². The maximum Gasteiger partial charge on any atom is 0.0594 e. The molecule has 18 heavy (non-hydrogen) atoms. The molecule has 0 aromatic heterocycles. The van der Waals surface area contributed by atoms with Crippen molar-refractivity contribution in [1.82, 2.24) is 4.90 Å². The molecule has 0 spiro atoms. The molecular weight excluding hydrogens is 271 g/mol. The van der Waals surface area contributed by atoms with Gasteiger partial charge in [0.05, 0.1) is 29.8 Å². The third-order valence-corrected chi connectivity index (χ3v) is 3.53. The van der Waals surface area contributed by atoms with E-state index in [0.717, 1.165) is 45.0 Å². The Hall–Kier alpha value is -0.610. The van der Waals surface area contributed by atoms with E-state index in [-0.39, 0.29) is 0 Å². The van der Waals surface area contributed by atoms with Crippen molar-refractivity contribution in [1.29, 1.82) is 0 Å². The second-order valence-corrected chi connectivity index (χ2v) is 4.94. The molecular formula is C13H16Cl2N2O. The van der Waals surface area contributed by atoms with Crippen LogP contribution in [-0.4, -0.2) is 50.5 Å². The minimum Gasteiger partial charge on any atom is -0.379 e. The summed E-state index contributed by atoms with van der Waals surface area (Å²) in [5.41, 5.74) is 0.794. The number of aliphatic imine (C=N–C) groups is 1. The summed E-state index contributed by atoms with van der Waals surface area (Å²) in [5.74, 6) is 0. The molecule has 0 bridgehead atoms. The van der Waals surface area contributed by atoms with E-state index in [2.05, 4.69) is 9.89 Å². The summed E-state index contributed by atoms with van der Waals surface area (Å²) in [5, 5.41) is 1.27. The fourth-order valence-corrected chi connectivity index (χ4v) is 2.31. The first kappa shape index (κ1) is 13.8. The smallest absolute Gasteiger partial charge is 0.0594 e. The second kappa shape index (κ2) is 7.10. The van der Waals surface area contributed by atoms with Gasteiger partial charge in [-0.05, 0) is 12.1 Å². The summed E-state index contributed by atoms with van der Waals surface area (Å²) in [6.07, 6.45) is 1.76. The largest absolute Gasteiger partial charge is 0.379 e. The molecule has 1 fully saturated rings. The number of hydrogen-bond donors (Lipinski definition) is 0. The van der Waals surface area contributed by atoms with Crippen LogP contribution in [0.3, 0.4) is 0 Å². The number of rotatable bonds is 4. The average Bonchev–Trinajstić information content (AvgIpc) is 2.38. The highest BCUT2D eigenvalue weighted by Crippen LogP contribution is 2.22. The van der Waals surface area contributed by atoms with E-state index in [1.165, 1.54) is 0 Å². The molecule has 98 valence electrons. The number of morpholine rings is 1. The molecule has 0 amide bonds. The van der Waals surface area contributed by atoms with Crippen LogP contribution in [0.1, 0.15) is 5.56 Å². The van der Waals surface area contributed by atoms with Crippen molar-refractivity contribution in [3.8, 4) is 0 Å². The Bertz CT molecular complexity index is 397. The van der Waals surface area contributed by atoms with Gasteiger partial charge < -0.3 is 4.74 Å². The maximum atomic E-state index is 6.05. The van der Waals surface area contributed by atoms with Crippen LogP contribution in [0, 0.1) is 0 Å². The van der Waals surface area contributed by atoms with E-state index in [9.17, 15) is 0 Å². The predicted octanol–water partition coefficient (Wildman–Crippen LogP) is 2.74.